The van der Waals surface area contributed by atoms with Crippen LogP contribution in [0.1, 0.15) is 11.4 Å². The summed E-state index contributed by atoms with van der Waals surface area (Å²) in [6, 6.07) is 8.47. The van der Waals surface area contributed by atoms with Crippen LogP contribution in [0.2, 0.25) is 0 Å². The molecule has 9 heteroatoms. The Labute approximate surface area is 137 Å². The molecule has 1 aromatic heterocycles. The number of nitrogens with zero attached hydrogens (tertiary/aromatic N) is 2. The summed E-state index contributed by atoms with van der Waals surface area (Å²) < 4.78 is 85.2. The zero-order chi connectivity index (χ0) is 18.4. The molecule has 0 unspecified atom stereocenters. The number of benzene rings is 2. The zero-order valence-corrected chi connectivity index (χ0v) is 12.6. The van der Waals surface area contributed by atoms with Gasteiger partial charge in [-0.2, -0.15) is 26.3 Å². The van der Waals surface area contributed by atoms with Gasteiger partial charge < -0.3 is 4.74 Å². The van der Waals surface area contributed by atoms with Gasteiger partial charge in [0.05, 0.1) is 23.9 Å². The normalized spacial score (nSPS) is 12.6. The maximum absolute atomic E-state index is 13.4. The summed E-state index contributed by atoms with van der Waals surface area (Å²) in [4.78, 5) is 3.26. The molecule has 0 saturated heterocycles. The monoisotopic (exact) mass is 360 g/mol. The Balaban J connectivity index is 2.40. The predicted octanol–water partition coefficient (Wildman–Crippen LogP) is 5.07. The van der Waals surface area contributed by atoms with Crippen molar-refractivity contribution in [3.8, 4) is 11.4 Å². The van der Waals surface area contributed by atoms with Crippen molar-refractivity contribution >= 4 is 11.0 Å². The minimum atomic E-state index is -4.94. The highest BCUT2D eigenvalue weighted by Crippen LogP contribution is 2.39. The van der Waals surface area contributed by atoms with Gasteiger partial charge in [0, 0.05) is 6.07 Å². The lowest BCUT2D eigenvalue weighted by Crippen LogP contribution is -2.13. The first-order valence-corrected chi connectivity index (χ1v) is 6.93. The summed E-state index contributed by atoms with van der Waals surface area (Å²) in [5.41, 5.74) is -2.29. The number of rotatable bonds is 2. The summed E-state index contributed by atoms with van der Waals surface area (Å²) in [6.45, 7) is 0. The Morgan fingerprint density at radius 1 is 0.920 bits per heavy atom. The van der Waals surface area contributed by atoms with Crippen molar-refractivity contribution in [2.24, 2.45) is 0 Å². The molecule has 0 N–H and O–H groups in total. The third kappa shape index (κ3) is 3.01. The summed E-state index contributed by atoms with van der Waals surface area (Å²) in [5, 5.41) is 0. The Morgan fingerprint density at radius 2 is 1.60 bits per heavy atom. The van der Waals surface area contributed by atoms with Gasteiger partial charge >= 0.3 is 12.4 Å². The maximum atomic E-state index is 13.4. The quantitative estimate of drug-likeness (QED) is 0.597. The van der Waals surface area contributed by atoms with Crippen LogP contribution in [0.3, 0.4) is 0 Å². The highest BCUT2D eigenvalue weighted by atomic mass is 19.4. The summed E-state index contributed by atoms with van der Waals surface area (Å²) in [7, 11) is 1.33. The molecule has 1 heterocycles. The average molecular weight is 360 g/mol. The number of halogens is 6. The molecule has 0 amide bonds. The second-order valence-corrected chi connectivity index (χ2v) is 5.14. The van der Waals surface area contributed by atoms with Gasteiger partial charge in [-0.1, -0.05) is 12.1 Å². The van der Waals surface area contributed by atoms with Crippen LogP contribution < -0.4 is 4.74 Å². The minimum Gasteiger partial charge on any atom is -0.497 e. The Morgan fingerprint density at radius 3 is 2.20 bits per heavy atom. The standard InChI is InChI=1S/C16H10F6N2O/c1-25-10-5-2-4-9(8-10)24-12-7-3-6-11(15(17,18)19)13(12)23-14(24)16(20,21)22/h2-8H,1H3. The lowest BCUT2D eigenvalue weighted by atomic mass is 10.1. The first-order chi connectivity index (χ1) is 11.6. The highest BCUT2D eigenvalue weighted by molar-refractivity contribution is 5.82. The number of para-hydroxylation sites is 1. The maximum Gasteiger partial charge on any atom is 0.450 e. The number of aromatic nitrogens is 2. The molecule has 3 aromatic rings. The van der Waals surface area contributed by atoms with E-state index >= 15 is 0 Å². The van der Waals surface area contributed by atoms with E-state index in [1.54, 1.807) is 0 Å². The smallest absolute Gasteiger partial charge is 0.450 e. The van der Waals surface area contributed by atoms with Crippen molar-refractivity contribution in [1.82, 2.24) is 9.55 Å². The van der Waals surface area contributed by atoms with Gasteiger partial charge in [0.25, 0.3) is 0 Å². The molecule has 3 nitrogen and oxygen atoms in total. The highest BCUT2D eigenvalue weighted by Gasteiger charge is 2.41. The zero-order valence-electron chi connectivity index (χ0n) is 12.6. The molecule has 0 saturated carbocycles. The summed E-state index contributed by atoms with van der Waals surface area (Å²) in [5.74, 6) is -1.17. The van der Waals surface area contributed by atoms with Crippen molar-refractivity contribution in [2.45, 2.75) is 12.4 Å². The van der Waals surface area contributed by atoms with Gasteiger partial charge in [0.2, 0.25) is 5.82 Å². The first kappa shape index (κ1) is 17.1. The summed E-state index contributed by atoms with van der Waals surface area (Å²) in [6.07, 6.45) is -9.76. The van der Waals surface area contributed by atoms with Crippen LogP contribution in [0.25, 0.3) is 16.7 Å². The van der Waals surface area contributed by atoms with Crippen LogP contribution >= 0.6 is 0 Å². The van der Waals surface area contributed by atoms with Crippen LogP contribution in [0.4, 0.5) is 26.3 Å². The number of ether oxygens (including phenoxy) is 1. The molecule has 0 fully saturated rings. The van der Waals surface area contributed by atoms with E-state index in [9.17, 15) is 26.3 Å². The van der Waals surface area contributed by atoms with E-state index in [4.69, 9.17) is 4.74 Å². The minimum absolute atomic E-state index is 0.00602. The van der Waals surface area contributed by atoms with E-state index in [0.29, 0.717) is 10.6 Å². The number of fused-ring (bicyclic) bond motifs is 1. The number of alkyl halides is 6. The van der Waals surface area contributed by atoms with E-state index in [-0.39, 0.29) is 17.0 Å². The van der Waals surface area contributed by atoms with Gasteiger partial charge in [-0.3, -0.25) is 4.57 Å². The molecule has 0 atom stereocenters. The van der Waals surface area contributed by atoms with Crippen molar-refractivity contribution in [3.05, 3.63) is 53.9 Å². The van der Waals surface area contributed by atoms with E-state index in [0.717, 1.165) is 12.1 Å². The molecule has 0 aliphatic rings. The largest absolute Gasteiger partial charge is 0.497 e. The molecule has 25 heavy (non-hydrogen) atoms. The van der Waals surface area contributed by atoms with E-state index in [1.807, 2.05) is 0 Å². The van der Waals surface area contributed by atoms with Gasteiger partial charge in [0.15, 0.2) is 0 Å². The SMILES string of the molecule is COc1cccc(-n2c(C(F)(F)F)nc3c(C(F)(F)F)cccc32)c1. The molecule has 132 valence electrons. The van der Waals surface area contributed by atoms with Gasteiger partial charge in [-0.25, -0.2) is 4.98 Å². The van der Waals surface area contributed by atoms with Gasteiger partial charge in [0.1, 0.15) is 11.3 Å². The lowest BCUT2D eigenvalue weighted by molar-refractivity contribution is -0.146. The van der Waals surface area contributed by atoms with Crippen molar-refractivity contribution in [3.63, 3.8) is 0 Å². The molecule has 0 bridgehead atoms. The molecule has 0 aliphatic carbocycles. The fourth-order valence-electron chi connectivity index (χ4n) is 2.53. The topological polar surface area (TPSA) is 27.1 Å². The van der Waals surface area contributed by atoms with E-state index in [1.165, 1.54) is 31.4 Å². The van der Waals surface area contributed by atoms with Crippen molar-refractivity contribution in [2.75, 3.05) is 7.11 Å². The Kier molecular flexibility index (Phi) is 3.89. The third-order valence-electron chi connectivity index (χ3n) is 3.56. The molecular weight excluding hydrogens is 350 g/mol. The third-order valence-corrected chi connectivity index (χ3v) is 3.56. The number of methoxy groups -OCH3 is 1. The average Bonchev–Trinajstić information content (AvgIpc) is 2.93. The lowest BCUT2D eigenvalue weighted by Gasteiger charge is -2.12. The number of imidazole rings is 1. The molecule has 0 aliphatic heterocycles. The van der Waals surface area contributed by atoms with Crippen molar-refractivity contribution in [1.29, 1.82) is 0 Å². The predicted molar refractivity (Wildman–Crippen MR) is 77.6 cm³/mol. The Bertz CT molecular complexity index is 927. The van der Waals surface area contributed by atoms with E-state index in [2.05, 4.69) is 4.98 Å². The molecule has 0 radical (unpaired) electrons. The van der Waals surface area contributed by atoms with Crippen LogP contribution in [-0.4, -0.2) is 16.7 Å². The Hall–Kier alpha value is -2.71. The fraction of sp³-hybridized carbons (Fsp3) is 0.188. The van der Waals surface area contributed by atoms with E-state index < -0.39 is 29.3 Å². The van der Waals surface area contributed by atoms with Crippen molar-refractivity contribution < 1.29 is 31.1 Å². The number of hydrogen-bond acceptors (Lipinski definition) is 2. The van der Waals surface area contributed by atoms with Gasteiger partial charge in [-0.05, 0) is 24.3 Å². The van der Waals surface area contributed by atoms with Crippen LogP contribution in [-0.2, 0) is 12.4 Å². The second kappa shape index (κ2) is 5.68. The van der Waals surface area contributed by atoms with Gasteiger partial charge in [-0.15, -0.1) is 0 Å². The second-order valence-electron chi connectivity index (χ2n) is 5.14. The molecule has 0 spiro atoms. The molecule has 3 rings (SSSR count). The van der Waals surface area contributed by atoms with Crippen LogP contribution in [0.15, 0.2) is 42.5 Å². The molecule has 2 aromatic carbocycles. The molecular formula is C16H10F6N2O. The van der Waals surface area contributed by atoms with Crippen LogP contribution in [0.5, 0.6) is 5.75 Å². The number of hydrogen-bond donors (Lipinski definition) is 0. The fourth-order valence-corrected chi connectivity index (χ4v) is 2.53. The first-order valence-electron chi connectivity index (χ1n) is 6.93. The summed E-state index contributed by atoms with van der Waals surface area (Å²) >= 11 is 0. The van der Waals surface area contributed by atoms with Crippen LogP contribution in [0, 0.1) is 0 Å².